The zero-order valence-corrected chi connectivity index (χ0v) is 7.52. The van der Waals surface area contributed by atoms with Gasteiger partial charge in [0.25, 0.3) is 0 Å². The van der Waals surface area contributed by atoms with E-state index in [2.05, 4.69) is 0 Å². The fraction of sp³-hybridized carbons (Fsp3) is 0.375. The average molecular weight is 169 g/mol. The van der Waals surface area contributed by atoms with E-state index >= 15 is 0 Å². The number of hydrogen-bond acceptors (Lipinski definition) is 3. The van der Waals surface area contributed by atoms with Crippen molar-refractivity contribution in [3.63, 3.8) is 0 Å². The van der Waals surface area contributed by atoms with Gasteiger partial charge in [-0.25, -0.2) is 0 Å². The number of carbonyl (C=O) groups is 1. The van der Waals surface area contributed by atoms with Crippen LogP contribution in [0, 0.1) is 0 Å². The third-order valence-corrected chi connectivity index (χ3v) is 1.99. The molecule has 1 rings (SSSR count). The van der Waals surface area contributed by atoms with Crippen LogP contribution < -0.4 is 0 Å². The van der Waals surface area contributed by atoms with E-state index < -0.39 is 0 Å². The van der Waals surface area contributed by atoms with E-state index in [1.54, 1.807) is 11.3 Å². The summed E-state index contributed by atoms with van der Waals surface area (Å²) in [5, 5.41) is 3.80. The van der Waals surface area contributed by atoms with Crippen molar-refractivity contribution in [1.29, 1.82) is 0 Å². The second kappa shape index (κ2) is 3.64. The van der Waals surface area contributed by atoms with Crippen LogP contribution in [0.4, 0.5) is 0 Å². The Kier molecular flexibility index (Phi) is 2.79. The highest BCUT2D eigenvalue weighted by Gasteiger charge is 2.05. The number of hydrogen-bond donors (Lipinski definition) is 0. The molecular formula is C8H11NOS. The summed E-state index contributed by atoms with van der Waals surface area (Å²) in [6.07, 6.45) is 0. The van der Waals surface area contributed by atoms with Crippen molar-refractivity contribution in [2.75, 3.05) is 20.6 Å². The van der Waals surface area contributed by atoms with Crippen molar-refractivity contribution in [3.8, 4) is 0 Å². The minimum atomic E-state index is 0.191. The Hall–Kier alpha value is -0.670. The van der Waals surface area contributed by atoms with Gasteiger partial charge in [-0.1, -0.05) is 0 Å². The van der Waals surface area contributed by atoms with Gasteiger partial charge in [-0.3, -0.25) is 4.79 Å². The molecule has 60 valence electrons. The molecule has 0 spiro atoms. The second-order valence-electron chi connectivity index (χ2n) is 2.67. The number of thiophene rings is 1. The normalized spacial score (nSPS) is 10.5. The van der Waals surface area contributed by atoms with Crippen molar-refractivity contribution >= 4 is 17.1 Å². The van der Waals surface area contributed by atoms with Crippen molar-refractivity contribution < 1.29 is 4.79 Å². The quantitative estimate of drug-likeness (QED) is 0.639. The van der Waals surface area contributed by atoms with Crippen LogP contribution in [0.1, 0.15) is 10.4 Å². The van der Waals surface area contributed by atoms with Crippen molar-refractivity contribution in [3.05, 3.63) is 22.4 Å². The minimum Gasteiger partial charge on any atom is -0.302 e. The molecule has 0 fully saturated rings. The number of nitrogens with zero attached hydrogens (tertiary/aromatic N) is 1. The molecule has 11 heavy (non-hydrogen) atoms. The molecule has 0 amide bonds. The lowest BCUT2D eigenvalue weighted by Crippen LogP contribution is -2.21. The molecule has 1 heterocycles. The van der Waals surface area contributed by atoms with Crippen LogP contribution in [-0.2, 0) is 0 Å². The van der Waals surface area contributed by atoms with Crippen molar-refractivity contribution in [1.82, 2.24) is 4.90 Å². The molecular weight excluding hydrogens is 158 g/mol. The van der Waals surface area contributed by atoms with Crippen molar-refractivity contribution in [2.24, 2.45) is 0 Å². The topological polar surface area (TPSA) is 20.3 Å². The predicted molar refractivity (Wildman–Crippen MR) is 47.2 cm³/mol. The zero-order valence-electron chi connectivity index (χ0n) is 6.70. The van der Waals surface area contributed by atoms with E-state index in [0.29, 0.717) is 6.54 Å². The largest absolute Gasteiger partial charge is 0.302 e. The van der Waals surface area contributed by atoms with Gasteiger partial charge in [0.05, 0.1) is 6.54 Å². The standard InChI is InChI=1S/C8H11NOS/c1-9(2)5-8(10)7-3-4-11-6-7/h3-4,6H,5H2,1-2H3. The maximum Gasteiger partial charge on any atom is 0.177 e. The summed E-state index contributed by atoms with van der Waals surface area (Å²) in [6.45, 7) is 0.497. The second-order valence-corrected chi connectivity index (χ2v) is 3.45. The fourth-order valence-corrected chi connectivity index (χ4v) is 1.46. The number of Topliss-reactive ketones (excluding diaryl/α,β-unsaturated/α-hetero) is 1. The molecule has 0 aliphatic heterocycles. The molecule has 0 saturated heterocycles. The van der Waals surface area contributed by atoms with Gasteiger partial charge < -0.3 is 4.90 Å². The highest BCUT2D eigenvalue weighted by atomic mass is 32.1. The van der Waals surface area contributed by atoms with Crippen LogP contribution in [0.3, 0.4) is 0 Å². The van der Waals surface area contributed by atoms with Gasteiger partial charge in [0.2, 0.25) is 0 Å². The Balaban J connectivity index is 2.57. The predicted octanol–water partition coefficient (Wildman–Crippen LogP) is 1.49. The van der Waals surface area contributed by atoms with E-state index in [1.165, 1.54) is 0 Å². The van der Waals surface area contributed by atoms with Crippen LogP contribution in [0.2, 0.25) is 0 Å². The van der Waals surface area contributed by atoms with Crippen LogP contribution in [0.25, 0.3) is 0 Å². The molecule has 0 atom stereocenters. The Bertz CT molecular complexity index is 228. The highest BCUT2D eigenvalue weighted by molar-refractivity contribution is 7.08. The first-order valence-corrected chi connectivity index (χ1v) is 4.34. The Morgan fingerprint density at radius 3 is 2.82 bits per heavy atom. The number of rotatable bonds is 3. The lowest BCUT2D eigenvalue weighted by molar-refractivity contribution is 0.0958. The molecule has 1 aromatic rings. The summed E-state index contributed by atoms with van der Waals surface area (Å²) < 4.78 is 0. The van der Waals surface area contributed by atoms with Crippen LogP contribution in [0.5, 0.6) is 0 Å². The summed E-state index contributed by atoms with van der Waals surface area (Å²) in [6, 6.07) is 1.86. The third-order valence-electron chi connectivity index (χ3n) is 1.30. The monoisotopic (exact) mass is 169 g/mol. The molecule has 0 aromatic carbocycles. The summed E-state index contributed by atoms with van der Waals surface area (Å²) in [5.41, 5.74) is 0.823. The Morgan fingerprint density at radius 1 is 1.64 bits per heavy atom. The first kappa shape index (κ1) is 8.43. The summed E-state index contributed by atoms with van der Waals surface area (Å²) in [7, 11) is 3.79. The summed E-state index contributed by atoms with van der Waals surface area (Å²) >= 11 is 1.56. The highest BCUT2D eigenvalue weighted by Crippen LogP contribution is 2.06. The lowest BCUT2D eigenvalue weighted by Gasteiger charge is -2.06. The number of likely N-dealkylation sites (N-methyl/N-ethyl adjacent to an activating group) is 1. The fourth-order valence-electron chi connectivity index (χ4n) is 0.802. The molecule has 1 aromatic heterocycles. The van der Waals surface area contributed by atoms with E-state index in [0.717, 1.165) is 5.56 Å². The maximum atomic E-state index is 11.3. The molecule has 0 unspecified atom stereocenters. The van der Waals surface area contributed by atoms with Gasteiger partial charge in [0.1, 0.15) is 0 Å². The zero-order chi connectivity index (χ0) is 8.27. The van der Waals surface area contributed by atoms with Gasteiger partial charge in [0.15, 0.2) is 5.78 Å². The molecule has 0 aliphatic carbocycles. The lowest BCUT2D eigenvalue weighted by atomic mass is 10.2. The van der Waals surface area contributed by atoms with Gasteiger partial charge >= 0.3 is 0 Å². The number of ketones is 1. The average Bonchev–Trinajstić information content (AvgIpc) is 2.35. The SMILES string of the molecule is CN(C)CC(=O)c1ccsc1. The molecule has 0 radical (unpaired) electrons. The summed E-state index contributed by atoms with van der Waals surface area (Å²) in [4.78, 5) is 13.2. The van der Waals surface area contributed by atoms with Crippen LogP contribution >= 0.6 is 11.3 Å². The molecule has 0 bridgehead atoms. The Morgan fingerprint density at radius 2 is 2.36 bits per heavy atom. The molecule has 0 N–H and O–H groups in total. The van der Waals surface area contributed by atoms with Gasteiger partial charge in [-0.05, 0) is 25.5 Å². The Labute approximate surface area is 70.5 Å². The van der Waals surface area contributed by atoms with E-state index in [9.17, 15) is 4.79 Å². The van der Waals surface area contributed by atoms with E-state index in [4.69, 9.17) is 0 Å². The molecule has 0 saturated carbocycles. The number of carbonyl (C=O) groups excluding carboxylic acids is 1. The first-order chi connectivity index (χ1) is 5.20. The van der Waals surface area contributed by atoms with E-state index in [1.807, 2.05) is 35.8 Å². The molecule has 2 nitrogen and oxygen atoms in total. The van der Waals surface area contributed by atoms with Crippen LogP contribution in [0.15, 0.2) is 16.8 Å². The van der Waals surface area contributed by atoms with Crippen LogP contribution in [-0.4, -0.2) is 31.3 Å². The van der Waals surface area contributed by atoms with Crippen molar-refractivity contribution in [2.45, 2.75) is 0 Å². The molecule has 3 heteroatoms. The van der Waals surface area contributed by atoms with Gasteiger partial charge in [0, 0.05) is 10.9 Å². The molecule has 0 aliphatic rings. The maximum absolute atomic E-state index is 11.3. The smallest absolute Gasteiger partial charge is 0.177 e. The van der Waals surface area contributed by atoms with E-state index in [-0.39, 0.29) is 5.78 Å². The van der Waals surface area contributed by atoms with Gasteiger partial charge in [-0.2, -0.15) is 11.3 Å². The summed E-state index contributed by atoms with van der Waals surface area (Å²) in [5.74, 6) is 0.191. The minimum absolute atomic E-state index is 0.191. The van der Waals surface area contributed by atoms with Gasteiger partial charge in [-0.15, -0.1) is 0 Å². The third kappa shape index (κ3) is 2.44. The first-order valence-electron chi connectivity index (χ1n) is 3.40.